The van der Waals surface area contributed by atoms with Crippen LogP contribution in [0.2, 0.25) is 10.0 Å². The van der Waals surface area contributed by atoms with E-state index in [1.165, 1.54) is 23.0 Å². The van der Waals surface area contributed by atoms with Crippen LogP contribution in [0.5, 0.6) is 0 Å². The molecule has 0 aliphatic rings. The van der Waals surface area contributed by atoms with Gasteiger partial charge in [-0.3, -0.25) is 4.79 Å². The first kappa shape index (κ1) is 18.8. The molecular weight excluding hydrogens is 399 g/mol. The normalized spacial score (nSPS) is 10.8. The molecule has 1 amide bonds. The molecule has 0 aromatic carbocycles. The van der Waals surface area contributed by atoms with Gasteiger partial charge in [0.15, 0.2) is 11.5 Å². The third kappa shape index (κ3) is 3.91. The van der Waals surface area contributed by atoms with Crippen LogP contribution in [0.1, 0.15) is 27.5 Å². The van der Waals surface area contributed by atoms with Crippen LogP contribution >= 0.6 is 23.2 Å². The first-order valence-electron chi connectivity index (χ1n) is 7.52. The second-order valence-corrected chi connectivity index (χ2v) is 6.41. The Balaban J connectivity index is 1.88. The highest BCUT2D eigenvalue weighted by Gasteiger charge is 2.24. The molecule has 0 saturated carbocycles. The Morgan fingerprint density at radius 3 is 2.74 bits per heavy atom. The summed E-state index contributed by atoms with van der Waals surface area (Å²) >= 11 is 11.8. The van der Waals surface area contributed by atoms with E-state index >= 15 is 0 Å². The molecule has 10 nitrogen and oxygen atoms in total. The third-order valence-corrected chi connectivity index (χ3v) is 4.20. The van der Waals surface area contributed by atoms with E-state index in [1.54, 1.807) is 13.8 Å². The molecule has 0 aliphatic heterocycles. The van der Waals surface area contributed by atoms with Crippen molar-refractivity contribution in [1.82, 2.24) is 19.9 Å². The van der Waals surface area contributed by atoms with Crippen LogP contribution in [0.3, 0.4) is 0 Å². The molecule has 0 fully saturated rings. The zero-order chi connectivity index (χ0) is 19.7. The minimum Gasteiger partial charge on any atom is -0.361 e. The smallest absolute Gasteiger partial charge is 0.361 e. The number of hydrogen-bond donors (Lipinski definition) is 1. The molecular formula is C15H12Cl2N6O4. The van der Waals surface area contributed by atoms with Gasteiger partial charge in [0.25, 0.3) is 5.91 Å². The average Bonchev–Trinajstić information content (AvgIpc) is 3.14. The van der Waals surface area contributed by atoms with Crippen molar-refractivity contribution in [2.45, 2.75) is 20.4 Å². The molecule has 27 heavy (non-hydrogen) atoms. The van der Waals surface area contributed by atoms with Gasteiger partial charge in [-0.1, -0.05) is 28.4 Å². The quantitative estimate of drug-likeness (QED) is 0.503. The number of carbonyl (C=O) groups is 1. The number of carbonyl (C=O) groups excluding carboxylic acids is 1. The van der Waals surface area contributed by atoms with Crippen LogP contribution in [0.25, 0.3) is 0 Å². The first-order chi connectivity index (χ1) is 12.8. The molecule has 1 N–H and O–H groups in total. The van der Waals surface area contributed by atoms with Crippen LogP contribution in [0.15, 0.2) is 22.9 Å². The van der Waals surface area contributed by atoms with Crippen molar-refractivity contribution in [2.24, 2.45) is 0 Å². The van der Waals surface area contributed by atoms with E-state index in [2.05, 4.69) is 20.6 Å². The third-order valence-electron chi connectivity index (χ3n) is 3.70. The number of nitrogens with one attached hydrogen (secondary N) is 1. The van der Waals surface area contributed by atoms with Gasteiger partial charge >= 0.3 is 5.82 Å². The van der Waals surface area contributed by atoms with Crippen LogP contribution < -0.4 is 5.32 Å². The zero-order valence-corrected chi connectivity index (χ0v) is 15.6. The molecule has 12 heteroatoms. The van der Waals surface area contributed by atoms with Gasteiger partial charge in [-0.05, 0) is 24.8 Å². The van der Waals surface area contributed by atoms with Gasteiger partial charge in [-0.25, -0.2) is 4.98 Å². The summed E-state index contributed by atoms with van der Waals surface area (Å²) in [4.78, 5) is 26.8. The highest BCUT2D eigenvalue weighted by atomic mass is 35.5. The highest BCUT2D eigenvalue weighted by molar-refractivity contribution is 6.36. The molecule has 140 valence electrons. The monoisotopic (exact) mass is 410 g/mol. The van der Waals surface area contributed by atoms with Crippen molar-refractivity contribution in [3.8, 4) is 0 Å². The summed E-state index contributed by atoms with van der Waals surface area (Å²) in [5.41, 5.74) is 0.979. The Morgan fingerprint density at radius 1 is 1.37 bits per heavy atom. The van der Waals surface area contributed by atoms with Gasteiger partial charge in [0.1, 0.15) is 5.76 Å². The zero-order valence-electron chi connectivity index (χ0n) is 14.1. The summed E-state index contributed by atoms with van der Waals surface area (Å²) in [7, 11) is 0. The number of nitrogens with zero attached hydrogens (tertiary/aromatic N) is 5. The lowest BCUT2D eigenvalue weighted by molar-refractivity contribution is -0.389. The van der Waals surface area contributed by atoms with Crippen LogP contribution in [-0.4, -0.2) is 30.8 Å². The lowest BCUT2D eigenvalue weighted by atomic mass is 10.2. The molecule has 0 radical (unpaired) electrons. The Labute approximate surface area is 162 Å². The fourth-order valence-corrected chi connectivity index (χ4v) is 2.75. The van der Waals surface area contributed by atoms with Crippen molar-refractivity contribution in [3.05, 3.63) is 61.2 Å². The fraction of sp³-hybridized carbons (Fsp3) is 0.200. The molecule has 3 heterocycles. The fourth-order valence-electron chi connectivity index (χ4n) is 2.32. The topological polar surface area (TPSA) is 129 Å². The second-order valence-electron chi connectivity index (χ2n) is 5.56. The number of nitro groups is 1. The number of pyridine rings is 1. The number of halogens is 2. The molecule has 3 rings (SSSR count). The Morgan fingerprint density at radius 2 is 2.11 bits per heavy atom. The minimum absolute atomic E-state index is 0.00197. The predicted molar refractivity (Wildman–Crippen MR) is 96.2 cm³/mol. The second kappa shape index (κ2) is 7.33. The predicted octanol–water partition coefficient (Wildman–Crippen LogP) is 3.40. The summed E-state index contributed by atoms with van der Waals surface area (Å²) in [6.07, 6.45) is 1.34. The van der Waals surface area contributed by atoms with E-state index < -0.39 is 10.8 Å². The molecule has 3 aromatic heterocycles. The number of hydrogen-bond acceptors (Lipinski definition) is 7. The van der Waals surface area contributed by atoms with Crippen LogP contribution in [0.4, 0.5) is 11.6 Å². The van der Waals surface area contributed by atoms with Gasteiger partial charge in [0.2, 0.25) is 0 Å². The molecule has 0 bridgehead atoms. The van der Waals surface area contributed by atoms with Gasteiger partial charge in [0.05, 0.1) is 39.0 Å². The Bertz CT molecular complexity index is 1050. The molecule has 0 saturated heterocycles. The van der Waals surface area contributed by atoms with Crippen LogP contribution in [-0.2, 0) is 6.54 Å². The number of aryl methyl sites for hydroxylation is 2. The van der Waals surface area contributed by atoms with Gasteiger partial charge in [-0.15, -0.1) is 0 Å². The Kier molecular flexibility index (Phi) is 5.10. The number of aromatic nitrogens is 4. The maximum absolute atomic E-state index is 12.6. The summed E-state index contributed by atoms with van der Waals surface area (Å²) < 4.78 is 6.50. The highest BCUT2D eigenvalue weighted by Crippen LogP contribution is 2.24. The maximum atomic E-state index is 12.6. The van der Waals surface area contributed by atoms with Crippen molar-refractivity contribution in [1.29, 1.82) is 0 Å². The SMILES string of the molecule is Cc1onc(C(=O)Nc2ncc(Cl)cc2Cl)c1Cn1nc([N+](=O)[O-])cc1C. The summed E-state index contributed by atoms with van der Waals surface area (Å²) in [6, 6.07) is 2.77. The van der Waals surface area contributed by atoms with Crippen molar-refractivity contribution in [2.75, 3.05) is 5.32 Å². The number of anilines is 1. The lowest BCUT2D eigenvalue weighted by Gasteiger charge is -2.06. The van der Waals surface area contributed by atoms with Gasteiger partial charge < -0.3 is 20.0 Å². The summed E-state index contributed by atoms with van der Waals surface area (Å²) in [5, 5.41) is 21.6. The van der Waals surface area contributed by atoms with E-state index in [0.29, 0.717) is 22.0 Å². The van der Waals surface area contributed by atoms with E-state index in [0.717, 1.165) is 0 Å². The van der Waals surface area contributed by atoms with E-state index in [1.807, 2.05) is 0 Å². The van der Waals surface area contributed by atoms with Crippen molar-refractivity contribution >= 4 is 40.7 Å². The average molecular weight is 411 g/mol. The van der Waals surface area contributed by atoms with E-state index in [-0.39, 0.29) is 28.9 Å². The number of rotatable bonds is 5. The van der Waals surface area contributed by atoms with Crippen molar-refractivity contribution in [3.63, 3.8) is 0 Å². The summed E-state index contributed by atoms with van der Waals surface area (Å²) in [6.45, 7) is 3.36. The molecule has 0 unspecified atom stereocenters. The first-order valence-corrected chi connectivity index (χ1v) is 8.28. The Hall–Kier alpha value is -2.98. The largest absolute Gasteiger partial charge is 0.390 e. The van der Waals surface area contributed by atoms with Crippen LogP contribution in [0, 0.1) is 24.0 Å². The number of amides is 1. The lowest BCUT2D eigenvalue weighted by Crippen LogP contribution is -2.17. The molecule has 0 spiro atoms. The molecule has 0 atom stereocenters. The maximum Gasteiger partial charge on any atom is 0.390 e. The minimum atomic E-state index is -0.599. The van der Waals surface area contributed by atoms with Gasteiger partial charge in [-0.2, -0.15) is 4.68 Å². The van der Waals surface area contributed by atoms with Crippen molar-refractivity contribution < 1.29 is 14.2 Å². The standard InChI is InChI=1S/C15H12Cl2N6O4/c1-7-3-12(23(25)26)20-22(7)6-10-8(2)27-21-13(10)15(24)19-14-11(17)4-9(16)5-18-14/h3-5H,6H2,1-2H3,(H,18,19,24). The van der Waals surface area contributed by atoms with Gasteiger partial charge in [0, 0.05) is 6.20 Å². The summed E-state index contributed by atoms with van der Waals surface area (Å²) in [5.74, 6) is -0.390. The molecule has 0 aliphatic carbocycles. The van der Waals surface area contributed by atoms with E-state index in [9.17, 15) is 14.9 Å². The van der Waals surface area contributed by atoms with E-state index in [4.69, 9.17) is 27.7 Å². The molecule has 3 aromatic rings.